The lowest BCUT2D eigenvalue weighted by Crippen LogP contribution is -2.11. The number of ether oxygens (including phenoxy) is 1. The highest BCUT2D eigenvalue weighted by Crippen LogP contribution is 2.25. The van der Waals surface area contributed by atoms with Gasteiger partial charge in [0.15, 0.2) is 5.65 Å². The van der Waals surface area contributed by atoms with Crippen LogP contribution in [0, 0.1) is 0 Å². The predicted molar refractivity (Wildman–Crippen MR) is 119 cm³/mol. The molecule has 5 rings (SSSR count). The molecule has 31 heavy (non-hydrogen) atoms. The maximum atomic E-state index is 12.9. The quantitative estimate of drug-likeness (QED) is 0.441. The van der Waals surface area contributed by atoms with Crippen molar-refractivity contribution < 1.29 is 9.53 Å². The van der Waals surface area contributed by atoms with Crippen LogP contribution in [0.25, 0.3) is 16.2 Å². The summed E-state index contributed by atoms with van der Waals surface area (Å²) in [6.45, 7) is 0.565. The standard InChI is InChI=1S/C22H18N6O2S/c1-30-17-5-2-4-15(10-17)13-27-14-16(11-24-27)26-22(29)18-12-25-28-19(7-8-23-21(18)28)20-6-3-9-31-20/h2-12,14H,13H2,1H3,(H,26,29). The number of thiophene rings is 1. The van der Waals surface area contributed by atoms with Gasteiger partial charge in [-0.25, -0.2) is 9.50 Å². The Labute approximate surface area is 181 Å². The summed E-state index contributed by atoms with van der Waals surface area (Å²) in [7, 11) is 1.64. The van der Waals surface area contributed by atoms with Crippen molar-refractivity contribution in [2.45, 2.75) is 6.54 Å². The van der Waals surface area contributed by atoms with Crippen molar-refractivity contribution in [1.29, 1.82) is 0 Å². The second-order valence-electron chi connectivity index (χ2n) is 6.83. The van der Waals surface area contributed by atoms with Gasteiger partial charge in [-0.3, -0.25) is 9.48 Å². The summed E-state index contributed by atoms with van der Waals surface area (Å²) in [6, 6.07) is 13.7. The minimum Gasteiger partial charge on any atom is -0.497 e. The number of amides is 1. The molecule has 1 amide bonds. The number of carbonyl (C=O) groups is 1. The third kappa shape index (κ3) is 3.78. The molecule has 8 nitrogen and oxygen atoms in total. The van der Waals surface area contributed by atoms with Crippen LogP contribution in [0.15, 0.2) is 72.6 Å². The first kappa shape index (κ1) is 19.0. The Morgan fingerprint density at radius 1 is 1.16 bits per heavy atom. The average Bonchev–Trinajstić information content (AvgIpc) is 3.54. The monoisotopic (exact) mass is 430 g/mol. The molecule has 0 radical (unpaired) electrons. The summed E-state index contributed by atoms with van der Waals surface area (Å²) in [4.78, 5) is 18.3. The Morgan fingerprint density at radius 3 is 2.94 bits per heavy atom. The highest BCUT2D eigenvalue weighted by molar-refractivity contribution is 7.13. The van der Waals surface area contributed by atoms with Gasteiger partial charge in [0.2, 0.25) is 0 Å². The lowest BCUT2D eigenvalue weighted by Gasteiger charge is -2.05. The molecule has 0 aliphatic heterocycles. The molecule has 0 saturated heterocycles. The Morgan fingerprint density at radius 2 is 2.10 bits per heavy atom. The summed E-state index contributed by atoms with van der Waals surface area (Å²) < 4.78 is 8.70. The zero-order valence-electron chi connectivity index (χ0n) is 16.6. The van der Waals surface area contributed by atoms with Crippen LogP contribution in [0.4, 0.5) is 5.69 Å². The maximum Gasteiger partial charge on any atom is 0.261 e. The molecule has 1 aromatic carbocycles. The predicted octanol–water partition coefficient (Wildman–Crippen LogP) is 3.96. The number of nitrogens with one attached hydrogen (secondary N) is 1. The Bertz CT molecular complexity index is 1360. The molecule has 0 spiro atoms. The van der Waals surface area contributed by atoms with Crippen molar-refractivity contribution in [2.24, 2.45) is 0 Å². The highest BCUT2D eigenvalue weighted by Gasteiger charge is 2.17. The first-order chi connectivity index (χ1) is 15.2. The maximum absolute atomic E-state index is 12.9. The van der Waals surface area contributed by atoms with Crippen LogP contribution in [-0.4, -0.2) is 37.4 Å². The van der Waals surface area contributed by atoms with Crippen molar-refractivity contribution in [3.05, 3.63) is 83.8 Å². The molecule has 0 bridgehead atoms. The number of benzene rings is 1. The topological polar surface area (TPSA) is 86.3 Å². The molecular weight excluding hydrogens is 412 g/mol. The third-order valence-electron chi connectivity index (χ3n) is 4.79. The molecule has 4 heterocycles. The van der Waals surface area contributed by atoms with Crippen LogP contribution in [0.5, 0.6) is 5.75 Å². The Balaban J connectivity index is 1.35. The molecule has 9 heteroatoms. The summed E-state index contributed by atoms with van der Waals surface area (Å²) in [6.07, 6.45) is 6.63. The largest absolute Gasteiger partial charge is 0.497 e. The van der Waals surface area contributed by atoms with E-state index in [1.165, 1.54) is 6.20 Å². The normalized spacial score (nSPS) is 11.0. The van der Waals surface area contributed by atoms with E-state index in [1.54, 1.807) is 46.2 Å². The molecule has 0 atom stereocenters. The number of aromatic nitrogens is 5. The summed E-state index contributed by atoms with van der Waals surface area (Å²) >= 11 is 1.61. The number of carbonyl (C=O) groups excluding carboxylic acids is 1. The van der Waals surface area contributed by atoms with E-state index in [2.05, 4.69) is 20.5 Å². The first-order valence-corrected chi connectivity index (χ1v) is 10.4. The van der Waals surface area contributed by atoms with E-state index in [-0.39, 0.29) is 5.91 Å². The lowest BCUT2D eigenvalue weighted by atomic mass is 10.2. The van der Waals surface area contributed by atoms with Crippen LogP contribution in [0.2, 0.25) is 0 Å². The summed E-state index contributed by atoms with van der Waals surface area (Å²) in [5.74, 6) is 0.507. The first-order valence-electron chi connectivity index (χ1n) is 9.54. The van der Waals surface area contributed by atoms with E-state index in [0.29, 0.717) is 23.4 Å². The van der Waals surface area contributed by atoms with Crippen molar-refractivity contribution >= 4 is 28.6 Å². The van der Waals surface area contributed by atoms with Gasteiger partial charge < -0.3 is 10.1 Å². The van der Waals surface area contributed by atoms with Crippen LogP contribution >= 0.6 is 11.3 Å². The van der Waals surface area contributed by atoms with Crippen molar-refractivity contribution in [3.63, 3.8) is 0 Å². The summed E-state index contributed by atoms with van der Waals surface area (Å²) in [5.41, 5.74) is 3.45. The Hall–Kier alpha value is -3.98. The highest BCUT2D eigenvalue weighted by atomic mass is 32.1. The van der Waals surface area contributed by atoms with E-state index in [0.717, 1.165) is 21.9 Å². The zero-order valence-corrected chi connectivity index (χ0v) is 17.4. The van der Waals surface area contributed by atoms with Crippen LogP contribution in [0.3, 0.4) is 0 Å². The van der Waals surface area contributed by atoms with Gasteiger partial charge in [0, 0.05) is 12.4 Å². The molecule has 0 unspecified atom stereocenters. The van der Waals surface area contributed by atoms with Gasteiger partial charge in [-0.05, 0) is 35.2 Å². The van der Waals surface area contributed by atoms with Gasteiger partial charge in [0.1, 0.15) is 11.3 Å². The molecule has 1 N–H and O–H groups in total. The van der Waals surface area contributed by atoms with Gasteiger partial charge in [-0.1, -0.05) is 18.2 Å². The smallest absolute Gasteiger partial charge is 0.261 e. The number of hydrogen-bond donors (Lipinski definition) is 1. The van der Waals surface area contributed by atoms with Gasteiger partial charge >= 0.3 is 0 Å². The minimum absolute atomic E-state index is 0.285. The van der Waals surface area contributed by atoms with E-state index in [4.69, 9.17) is 4.74 Å². The number of anilines is 1. The fourth-order valence-electron chi connectivity index (χ4n) is 3.33. The third-order valence-corrected chi connectivity index (χ3v) is 5.68. The molecule has 0 saturated carbocycles. The summed E-state index contributed by atoms with van der Waals surface area (Å²) in [5, 5.41) is 13.6. The fourth-order valence-corrected chi connectivity index (χ4v) is 4.07. The molecule has 0 aliphatic carbocycles. The average molecular weight is 430 g/mol. The fraction of sp³-hybridized carbons (Fsp3) is 0.0909. The van der Waals surface area contributed by atoms with Crippen LogP contribution in [0.1, 0.15) is 15.9 Å². The van der Waals surface area contributed by atoms with E-state index >= 15 is 0 Å². The molecular formula is C22H18N6O2S. The molecule has 5 aromatic rings. The van der Waals surface area contributed by atoms with Crippen LogP contribution < -0.4 is 10.1 Å². The van der Waals surface area contributed by atoms with Crippen molar-refractivity contribution in [3.8, 4) is 16.3 Å². The van der Waals surface area contributed by atoms with Crippen molar-refractivity contribution in [2.75, 3.05) is 12.4 Å². The molecule has 4 aromatic heterocycles. The second kappa shape index (κ2) is 8.04. The molecule has 0 aliphatic rings. The SMILES string of the molecule is COc1cccc(Cn2cc(NC(=O)c3cnn4c(-c5cccs5)ccnc34)cn2)c1. The number of fused-ring (bicyclic) bond motifs is 1. The number of hydrogen-bond acceptors (Lipinski definition) is 6. The number of rotatable bonds is 6. The van der Waals surface area contributed by atoms with Gasteiger partial charge in [0.25, 0.3) is 5.91 Å². The van der Waals surface area contributed by atoms with Gasteiger partial charge in [-0.2, -0.15) is 10.2 Å². The van der Waals surface area contributed by atoms with Gasteiger partial charge in [-0.15, -0.1) is 11.3 Å². The van der Waals surface area contributed by atoms with Crippen LogP contribution in [-0.2, 0) is 6.54 Å². The second-order valence-corrected chi connectivity index (χ2v) is 7.78. The molecule has 154 valence electrons. The molecule has 0 fully saturated rings. The Kier molecular flexibility index (Phi) is 4.93. The van der Waals surface area contributed by atoms with Gasteiger partial charge in [0.05, 0.1) is 42.3 Å². The van der Waals surface area contributed by atoms with E-state index in [1.807, 2.05) is 47.8 Å². The van der Waals surface area contributed by atoms with E-state index < -0.39 is 0 Å². The van der Waals surface area contributed by atoms with Crippen molar-refractivity contribution in [1.82, 2.24) is 24.4 Å². The zero-order chi connectivity index (χ0) is 21.2. The van der Waals surface area contributed by atoms with E-state index in [9.17, 15) is 4.79 Å². The number of nitrogens with zero attached hydrogens (tertiary/aromatic N) is 5. The number of methoxy groups -OCH3 is 1. The minimum atomic E-state index is -0.285. The lowest BCUT2D eigenvalue weighted by molar-refractivity contribution is 0.102.